The lowest BCUT2D eigenvalue weighted by Crippen LogP contribution is -2.26. The first-order valence-electron chi connectivity index (χ1n) is 3.22. The third-order valence-electron chi connectivity index (χ3n) is 1.54. The Bertz CT molecular complexity index is 166. The molecule has 1 rings (SSSR count). The zero-order chi connectivity index (χ0) is 8.48. The smallest absolute Gasteiger partial charge is 0.287 e. The molecule has 0 amide bonds. The van der Waals surface area contributed by atoms with Crippen molar-refractivity contribution in [2.24, 2.45) is 5.92 Å². The zero-order valence-electron chi connectivity index (χ0n) is 5.65. The highest BCUT2D eigenvalue weighted by molar-refractivity contribution is 8.15. The molecule has 5 heteroatoms. The minimum Gasteiger partial charge on any atom is -0.287 e. The van der Waals surface area contributed by atoms with Gasteiger partial charge in [0.2, 0.25) is 0 Å². The van der Waals surface area contributed by atoms with Crippen molar-refractivity contribution >= 4 is 16.9 Å². The minimum atomic E-state index is -4.11. The first-order chi connectivity index (χ1) is 4.99. The second kappa shape index (κ2) is 3.05. The lowest BCUT2D eigenvalue weighted by molar-refractivity contribution is -0.138. The summed E-state index contributed by atoms with van der Waals surface area (Å²) >= 11 is 1.11. The number of thioether (sulfide) groups is 1. The standard InChI is InChI=1S/C6H7F3OS/c7-6(8,9)2-1-4-3-11-5(4)10/h4H,1-3H2. The molecule has 0 aromatic rings. The third-order valence-corrected chi connectivity index (χ3v) is 2.72. The Labute approximate surface area is 66.3 Å². The maximum atomic E-state index is 11.6. The second-order valence-electron chi connectivity index (χ2n) is 2.48. The van der Waals surface area contributed by atoms with E-state index in [1.54, 1.807) is 0 Å². The Morgan fingerprint density at radius 1 is 1.55 bits per heavy atom. The van der Waals surface area contributed by atoms with Gasteiger partial charge in [0.15, 0.2) is 5.12 Å². The molecule has 11 heavy (non-hydrogen) atoms. The fourth-order valence-electron chi connectivity index (χ4n) is 0.808. The van der Waals surface area contributed by atoms with Crippen molar-refractivity contribution in [2.75, 3.05) is 5.75 Å². The van der Waals surface area contributed by atoms with Gasteiger partial charge >= 0.3 is 6.18 Å². The molecule has 64 valence electrons. The van der Waals surface area contributed by atoms with Crippen LogP contribution in [0.3, 0.4) is 0 Å². The van der Waals surface area contributed by atoms with E-state index in [9.17, 15) is 18.0 Å². The molecule has 1 aliphatic rings. The zero-order valence-corrected chi connectivity index (χ0v) is 6.47. The summed E-state index contributed by atoms with van der Waals surface area (Å²) in [6.07, 6.45) is -4.97. The van der Waals surface area contributed by atoms with Gasteiger partial charge in [-0.1, -0.05) is 11.8 Å². The van der Waals surface area contributed by atoms with Crippen LogP contribution in [0.5, 0.6) is 0 Å². The van der Waals surface area contributed by atoms with Gasteiger partial charge in [-0.3, -0.25) is 4.79 Å². The van der Waals surface area contributed by atoms with Crippen LogP contribution in [0.4, 0.5) is 13.2 Å². The SMILES string of the molecule is O=C1SCC1CCC(F)(F)F. The molecule has 1 fully saturated rings. The van der Waals surface area contributed by atoms with E-state index in [4.69, 9.17) is 0 Å². The van der Waals surface area contributed by atoms with Crippen molar-refractivity contribution < 1.29 is 18.0 Å². The molecule has 0 saturated carbocycles. The van der Waals surface area contributed by atoms with Crippen LogP contribution in [0.15, 0.2) is 0 Å². The normalized spacial score (nSPS) is 25.0. The van der Waals surface area contributed by atoms with E-state index in [-0.39, 0.29) is 17.5 Å². The molecule has 1 nitrogen and oxygen atoms in total. The monoisotopic (exact) mass is 184 g/mol. The van der Waals surface area contributed by atoms with Gasteiger partial charge in [0, 0.05) is 18.1 Å². The van der Waals surface area contributed by atoms with Crippen LogP contribution in [-0.2, 0) is 4.79 Å². The molecule has 1 atom stereocenters. The van der Waals surface area contributed by atoms with Gasteiger partial charge in [-0.05, 0) is 6.42 Å². The van der Waals surface area contributed by atoms with Gasteiger partial charge in [-0.2, -0.15) is 13.2 Å². The van der Waals surface area contributed by atoms with E-state index >= 15 is 0 Å². The Balaban J connectivity index is 2.17. The molecule has 0 spiro atoms. The number of rotatable bonds is 2. The largest absolute Gasteiger partial charge is 0.389 e. The lowest BCUT2D eigenvalue weighted by atomic mass is 10.1. The van der Waals surface area contributed by atoms with Crippen LogP contribution in [0, 0.1) is 5.92 Å². The van der Waals surface area contributed by atoms with E-state index in [0.717, 1.165) is 11.8 Å². The molecule has 1 aliphatic heterocycles. The summed E-state index contributed by atoms with van der Waals surface area (Å²) < 4.78 is 34.8. The number of halogens is 3. The molecule has 0 N–H and O–H groups in total. The van der Waals surface area contributed by atoms with E-state index in [1.807, 2.05) is 0 Å². The number of carbonyl (C=O) groups is 1. The molecule has 0 aromatic carbocycles. The van der Waals surface area contributed by atoms with Crippen LogP contribution in [-0.4, -0.2) is 17.0 Å². The van der Waals surface area contributed by atoms with Crippen LogP contribution in [0.2, 0.25) is 0 Å². The first-order valence-corrected chi connectivity index (χ1v) is 4.21. The minimum absolute atomic E-state index is 0.0324. The van der Waals surface area contributed by atoms with Crippen molar-refractivity contribution in [3.05, 3.63) is 0 Å². The van der Waals surface area contributed by atoms with Gasteiger partial charge in [0.1, 0.15) is 0 Å². The highest BCUT2D eigenvalue weighted by atomic mass is 32.2. The molecule has 1 heterocycles. The van der Waals surface area contributed by atoms with Gasteiger partial charge in [-0.15, -0.1) is 0 Å². The summed E-state index contributed by atoms with van der Waals surface area (Å²) in [6, 6.07) is 0. The summed E-state index contributed by atoms with van der Waals surface area (Å²) in [5, 5.41) is -0.0887. The quantitative estimate of drug-likeness (QED) is 0.654. The van der Waals surface area contributed by atoms with Crippen molar-refractivity contribution in [1.29, 1.82) is 0 Å². The summed E-state index contributed by atoms with van der Waals surface area (Å²) in [5.41, 5.74) is 0. The maximum absolute atomic E-state index is 11.6. The number of carbonyl (C=O) groups excluding carboxylic acids is 1. The average molecular weight is 184 g/mol. The molecular formula is C6H7F3OS. The molecule has 0 radical (unpaired) electrons. The van der Waals surface area contributed by atoms with Gasteiger partial charge < -0.3 is 0 Å². The predicted octanol–water partition coefficient (Wildman–Crippen LogP) is 2.22. The highest BCUT2D eigenvalue weighted by Crippen LogP contribution is 2.34. The molecule has 1 saturated heterocycles. The second-order valence-corrected chi connectivity index (χ2v) is 3.51. The maximum Gasteiger partial charge on any atom is 0.389 e. The van der Waals surface area contributed by atoms with Gasteiger partial charge in [0.25, 0.3) is 0 Å². The number of alkyl halides is 3. The highest BCUT2D eigenvalue weighted by Gasteiger charge is 2.34. The average Bonchev–Trinajstić information content (AvgIpc) is 1.82. The summed E-state index contributed by atoms with van der Waals surface area (Å²) in [4.78, 5) is 10.5. The Morgan fingerprint density at radius 3 is 2.45 bits per heavy atom. The van der Waals surface area contributed by atoms with Gasteiger partial charge in [0.05, 0.1) is 0 Å². The van der Waals surface area contributed by atoms with E-state index in [2.05, 4.69) is 0 Å². The Hall–Kier alpha value is -0.190. The van der Waals surface area contributed by atoms with E-state index in [0.29, 0.717) is 5.75 Å². The lowest BCUT2D eigenvalue weighted by Gasteiger charge is -2.22. The van der Waals surface area contributed by atoms with Crippen molar-refractivity contribution in [3.8, 4) is 0 Å². The molecule has 0 aliphatic carbocycles. The molecular weight excluding hydrogens is 177 g/mol. The third kappa shape index (κ3) is 2.73. The van der Waals surface area contributed by atoms with E-state index < -0.39 is 12.6 Å². The van der Waals surface area contributed by atoms with Crippen LogP contribution in [0.1, 0.15) is 12.8 Å². The summed E-state index contributed by atoms with van der Waals surface area (Å²) in [6.45, 7) is 0. The topological polar surface area (TPSA) is 17.1 Å². The van der Waals surface area contributed by atoms with Crippen molar-refractivity contribution in [2.45, 2.75) is 19.0 Å². The van der Waals surface area contributed by atoms with Gasteiger partial charge in [-0.25, -0.2) is 0 Å². The molecule has 1 unspecified atom stereocenters. The predicted molar refractivity (Wildman–Crippen MR) is 36.2 cm³/mol. The Morgan fingerprint density at radius 2 is 2.18 bits per heavy atom. The fraction of sp³-hybridized carbons (Fsp3) is 0.833. The summed E-state index contributed by atoms with van der Waals surface area (Å²) in [5.74, 6) is 0.233. The van der Waals surface area contributed by atoms with Crippen molar-refractivity contribution in [1.82, 2.24) is 0 Å². The molecule has 0 bridgehead atoms. The fourth-order valence-corrected chi connectivity index (χ4v) is 1.63. The van der Waals surface area contributed by atoms with Crippen LogP contribution < -0.4 is 0 Å². The number of hydrogen-bond acceptors (Lipinski definition) is 2. The van der Waals surface area contributed by atoms with Crippen LogP contribution >= 0.6 is 11.8 Å². The summed E-state index contributed by atoms with van der Waals surface area (Å²) in [7, 11) is 0. The van der Waals surface area contributed by atoms with E-state index in [1.165, 1.54) is 0 Å². The van der Waals surface area contributed by atoms with Crippen LogP contribution in [0.25, 0.3) is 0 Å². The molecule has 0 aromatic heterocycles. The van der Waals surface area contributed by atoms with Crippen molar-refractivity contribution in [3.63, 3.8) is 0 Å². The Kier molecular flexibility index (Phi) is 2.47. The number of hydrogen-bond donors (Lipinski definition) is 0. The first kappa shape index (κ1) is 8.90.